The zero-order valence-corrected chi connectivity index (χ0v) is 20.5. The highest BCUT2D eigenvalue weighted by Gasteiger charge is 2.28. The number of anilines is 1. The molecule has 5 rings (SSSR count). The number of likely N-dealkylation sites (tertiary alicyclic amines) is 1. The van der Waals surface area contributed by atoms with Gasteiger partial charge in [-0.25, -0.2) is 24.1 Å². The van der Waals surface area contributed by atoms with Crippen LogP contribution in [-0.4, -0.2) is 66.4 Å². The van der Waals surface area contributed by atoms with E-state index in [0.29, 0.717) is 30.1 Å². The molecule has 1 aromatic carbocycles. The Morgan fingerprint density at radius 2 is 2.06 bits per heavy atom. The maximum atomic E-state index is 12.5. The van der Waals surface area contributed by atoms with E-state index in [1.54, 1.807) is 15.6 Å². The second kappa shape index (κ2) is 8.81. The van der Waals surface area contributed by atoms with E-state index in [1.807, 2.05) is 51.1 Å². The Kier molecular flexibility index (Phi) is 5.79. The summed E-state index contributed by atoms with van der Waals surface area (Å²) in [4.78, 5) is 34.1. The van der Waals surface area contributed by atoms with Gasteiger partial charge in [-0.05, 0) is 57.9 Å². The first-order chi connectivity index (χ1) is 16.7. The van der Waals surface area contributed by atoms with Gasteiger partial charge in [0, 0.05) is 24.7 Å². The predicted octanol–water partition coefficient (Wildman–Crippen LogP) is 4.52. The lowest BCUT2D eigenvalue weighted by Crippen LogP contribution is -2.47. The summed E-state index contributed by atoms with van der Waals surface area (Å²) in [5.74, 6) is -0.354. The molecule has 10 nitrogen and oxygen atoms in total. The maximum absolute atomic E-state index is 12.5. The molecular formula is C24H26N6O4S. The topological polar surface area (TPSA) is 122 Å². The standard InChI is InChI=1S/C24H26N6O4S/c1-24(2,3)34-23(33)29-10-4-5-15(13-29)26-19-8-9-20-25-12-17(30(20)28-19)14-6-7-16-18(11-14)35-21(27-16)22(31)32/h6-9,11-12,15H,4-5,10,13H2,1-3H3,(H,26,28)(H,31,32). The number of imidazole rings is 1. The van der Waals surface area contributed by atoms with Crippen molar-refractivity contribution in [2.24, 2.45) is 0 Å². The summed E-state index contributed by atoms with van der Waals surface area (Å²) in [6, 6.07) is 9.42. The lowest BCUT2D eigenvalue weighted by Gasteiger charge is -2.34. The molecule has 182 valence electrons. The van der Waals surface area contributed by atoms with Crippen molar-refractivity contribution >= 4 is 45.1 Å². The van der Waals surface area contributed by atoms with E-state index >= 15 is 0 Å². The van der Waals surface area contributed by atoms with Gasteiger partial charge < -0.3 is 20.1 Å². The fourth-order valence-electron chi connectivity index (χ4n) is 4.12. The van der Waals surface area contributed by atoms with E-state index in [0.717, 1.165) is 40.1 Å². The number of nitrogens with one attached hydrogen (secondary N) is 1. The smallest absolute Gasteiger partial charge is 0.410 e. The number of ether oxygens (including phenoxy) is 1. The number of fused-ring (bicyclic) bond motifs is 2. The average molecular weight is 495 g/mol. The number of hydrogen-bond donors (Lipinski definition) is 2. The molecule has 1 fully saturated rings. The van der Waals surface area contributed by atoms with Crippen molar-refractivity contribution in [3.8, 4) is 11.3 Å². The monoisotopic (exact) mass is 494 g/mol. The Bertz CT molecular complexity index is 1420. The molecule has 1 saturated heterocycles. The summed E-state index contributed by atoms with van der Waals surface area (Å²) in [7, 11) is 0. The largest absolute Gasteiger partial charge is 0.476 e. The Morgan fingerprint density at radius 1 is 1.23 bits per heavy atom. The summed E-state index contributed by atoms with van der Waals surface area (Å²) in [6.45, 7) is 6.81. The minimum atomic E-state index is -1.03. The van der Waals surface area contributed by atoms with Crippen LogP contribution < -0.4 is 5.32 Å². The van der Waals surface area contributed by atoms with Crippen molar-refractivity contribution in [2.45, 2.75) is 45.3 Å². The van der Waals surface area contributed by atoms with Gasteiger partial charge in [0.05, 0.1) is 22.1 Å². The number of amides is 1. The number of thiazole rings is 1. The van der Waals surface area contributed by atoms with Crippen LogP contribution in [-0.2, 0) is 4.74 Å². The van der Waals surface area contributed by atoms with Crippen LogP contribution in [0, 0.1) is 0 Å². The van der Waals surface area contributed by atoms with Crippen molar-refractivity contribution in [3.05, 3.63) is 41.5 Å². The molecule has 4 heterocycles. The molecule has 35 heavy (non-hydrogen) atoms. The zero-order chi connectivity index (χ0) is 24.7. The molecule has 0 bridgehead atoms. The van der Waals surface area contributed by atoms with Crippen LogP contribution in [0.15, 0.2) is 36.5 Å². The molecule has 0 radical (unpaired) electrons. The highest BCUT2D eigenvalue weighted by atomic mass is 32.1. The normalized spacial score (nSPS) is 16.5. The quantitative estimate of drug-likeness (QED) is 0.425. The SMILES string of the molecule is CC(C)(C)OC(=O)N1CCCC(Nc2ccc3ncc(-c4ccc5nc(C(=O)O)sc5c4)n3n2)C1. The van der Waals surface area contributed by atoms with Gasteiger partial charge in [0.25, 0.3) is 0 Å². The molecule has 3 aromatic heterocycles. The van der Waals surface area contributed by atoms with E-state index < -0.39 is 11.6 Å². The highest BCUT2D eigenvalue weighted by Crippen LogP contribution is 2.29. The van der Waals surface area contributed by atoms with Crippen LogP contribution >= 0.6 is 11.3 Å². The van der Waals surface area contributed by atoms with Gasteiger partial charge in [0.15, 0.2) is 5.65 Å². The minimum absolute atomic E-state index is 0.0520. The first-order valence-electron chi connectivity index (χ1n) is 11.4. The van der Waals surface area contributed by atoms with Crippen molar-refractivity contribution in [3.63, 3.8) is 0 Å². The molecule has 1 unspecified atom stereocenters. The van der Waals surface area contributed by atoms with Crippen LogP contribution in [0.2, 0.25) is 0 Å². The Balaban J connectivity index is 1.37. The number of nitrogens with zero attached hydrogens (tertiary/aromatic N) is 5. The molecule has 1 aliphatic heterocycles. The highest BCUT2D eigenvalue weighted by molar-refractivity contribution is 7.20. The lowest BCUT2D eigenvalue weighted by molar-refractivity contribution is 0.0206. The van der Waals surface area contributed by atoms with Crippen LogP contribution in [0.4, 0.5) is 10.6 Å². The van der Waals surface area contributed by atoms with E-state index in [-0.39, 0.29) is 17.1 Å². The van der Waals surface area contributed by atoms with Gasteiger partial charge in [0.2, 0.25) is 5.01 Å². The second-order valence-electron chi connectivity index (χ2n) is 9.55. The number of hydrogen-bond acceptors (Lipinski definition) is 8. The second-order valence-corrected chi connectivity index (χ2v) is 10.6. The molecule has 0 aliphatic carbocycles. The average Bonchev–Trinajstić information content (AvgIpc) is 3.41. The number of piperidine rings is 1. The van der Waals surface area contributed by atoms with Crippen LogP contribution in [0.1, 0.15) is 43.4 Å². The third-order valence-corrected chi connectivity index (χ3v) is 6.66. The summed E-state index contributed by atoms with van der Waals surface area (Å²) >= 11 is 1.14. The van der Waals surface area contributed by atoms with Gasteiger partial charge in [-0.1, -0.05) is 6.07 Å². The Morgan fingerprint density at radius 3 is 2.83 bits per heavy atom. The number of aromatic carboxylic acids is 1. The number of rotatable bonds is 4. The van der Waals surface area contributed by atoms with E-state index in [1.165, 1.54) is 0 Å². The first-order valence-corrected chi connectivity index (χ1v) is 12.2. The third-order valence-electron chi connectivity index (χ3n) is 5.65. The van der Waals surface area contributed by atoms with Crippen LogP contribution in [0.5, 0.6) is 0 Å². The first kappa shape index (κ1) is 23.0. The predicted molar refractivity (Wildman–Crippen MR) is 133 cm³/mol. The number of carboxylic acids is 1. The third kappa shape index (κ3) is 4.90. The summed E-state index contributed by atoms with van der Waals surface area (Å²) < 4.78 is 8.07. The number of benzene rings is 1. The fourth-order valence-corrected chi connectivity index (χ4v) is 4.96. The van der Waals surface area contributed by atoms with Crippen LogP contribution in [0.3, 0.4) is 0 Å². The Labute approximate surface area is 205 Å². The van der Waals surface area contributed by atoms with Crippen molar-refractivity contribution in [1.82, 2.24) is 24.5 Å². The number of aromatic nitrogens is 4. The van der Waals surface area contributed by atoms with Crippen molar-refractivity contribution in [1.29, 1.82) is 0 Å². The number of carbonyl (C=O) groups excluding carboxylic acids is 1. The molecular weight excluding hydrogens is 468 g/mol. The maximum Gasteiger partial charge on any atom is 0.410 e. The van der Waals surface area contributed by atoms with Gasteiger partial charge >= 0.3 is 12.1 Å². The van der Waals surface area contributed by atoms with E-state index in [9.17, 15) is 14.7 Å². The molecule has 1 amide bonds. The van der Waals surface area contributed by atoms with Gasteiger partial charge in [-0.2, -0.15) is 0 Å². The van der Waals surface area contributed by atoms with Crippen molar-refractivity contribution < 1.29 is 19.4 Å². The van der Waals surface area contributed by atoms with Gasteiger partial charge in [-0.3, -0.25) is 0 Å². The molecule has 1 aliphatic rings. The Hall–Kier alpha value is -3.73. The molecule has 4 aromatic rings. The van der Waals surface area contributed by atoms with E-state index in [4.69, 9.17) is 9.84 Å². The zero-order valence-electron chi connectivity index (χ0n) is 19.7. The molecule has 2 N–H and O–H groups in total. The summed E-state index contributed by atoms with van der Waals surface area (Å²) in [5, 5.41) is 17.5. The van der Waals surface area contributed by atoms with E-state index in [2.05, 4.69) is 15.3 Å². The molecule has 1 atom stereocenters. The number of carbonyl (C=O) groups is 2. The molecule has 0 spiro atoms. The molecule has 11 heteroatoms. The fraction of sp³-hybridized carbons (Fsp3) is 0.375. The summed E-state index contributed by atoms with van der Waals surface area (Å²) in [5.41, 5.74) is 2.46. The molecule has 0 saturated carbocycles. The number of carboxylic acid groups (broad SMARTS) is 1. The minimum Gasteiger partial charge on any atom is -0.476 e. The summed E-state index contributed by atoms with van der Waals surface area (Å²) in [6.07, 6.45) is 3.25. The lowest BCUT2D eigenvalue weighted by atomic mass is 10.1. The van der Waals surface area contributed by atoms with Gasteiger partial charge in [-0.15, -0.1) is 16.4 Å². The van der Waals surface area contributed by atoms with Gasteiger partial charge in [0.1, 0.15) is 11.4 Å². The van der Waals surface area contributed by atoms with Crippen LogP contribution in [0.25, 0.3) is 27.1 Å². The van der Waals surface area contributed by atoms with Crippen molar-refractivity contribution in [2.75, 3.05) is 18.4 Å².